The molecule has 0 atom stereocenters. The minimum absolute atomic E-state index is 0.0407. The first kappa shape index (κ1) is 16.2. The Bertz CT molecular complexity index is 849. The fraction of sp³-hybridized carbons (Fsp3) is 0.118. The highest BCUT2D eigenvalue weighted by molar-refractivity contribution is 7.99. The Labute approximate surface area is 141 Å². The van der Waals surface area contributed by atoms with Gasteiger partial charge >= 0.3 is 5.97 Å². The summed E-state index contributed by atoms with van der Waals surface area (Å²) < 4.78 is 23.6. The summed E-state index contributed by atoms with van der Waals surface area (Å²) in [6.45, 7) is 1.92. The van der Waals surface area contributed by atoms with Crippen LogP contribution in [0, 0.1) is 12.7 Å². The van der Waals surface area contributed by atoms with E-state index in [1.54, 1.807) is 24.3 Å². The van der Waals surface area contributed by atoms with Crippen molar-refractivity contribution in [3.8, 4) is 17.2 Å². The molecule has 3 aromatic rings. The molecule has 7 heteroatoms. The van der Waals surface area contributed by atoms with E-state index >= 15 is 0 Å². The quantitative estimate of drug-likeness (QED) is 0.397. The summed E-state index contributed by atoms with van der Waals surface area (Å²) in [5, 5.41) is 7.98. The lowest BCUT2D eigenvalue weighted by Crippen LogP contribution is -2.10. The lowest BCUT2D eigenvalue weighted by Gasteiger charge is -2.03. The number of nitrogens with zero attached hydrogens (tertiary/aromatic N) is 2. The molecule has 0 bridgehead atoms. The molecule has 24 heavy (non-hydrogen) atoms. The highest BCUT2D eigenvalue weighted by Gasteiger charge is 2.12. The SMILES string of the molecule is Cc1cccc(OC(=O)CSc2nnc(-c3ccc(F)cc3)o2)c1. The van der Waals surface area contributed by atoms with E-state index in [2.05, 4.69) is 10.2 Å². The fourth-order valence-corrected chi connectivity index (χ4v) is 2.47. The molecule has 2 aromatic carbocycles. The predicted octanol–water partition coefficient (Wildman–Crippen LogP) is 3.88. The molecule has 0 aliphatic heterocycles. The second-order valence-electron chi connectivity index (χ2n) is 4.96. The molecule has 0 radical (unpaired) electrons. The van der Waals surface area contributed by atoms with E-state index < -0.39 is 5.97 Å². The molecule has 3 rings (SSSR count). The maximum atomic E-state index is 12.9. The van der Waals surface area contributed by atoms with Crippen LogP contribution < -0.4 is 4.74 Å². The zero-order chi connectivity index (χ0) is 16.9. The van der Waals surface area contributed by atoms with E-state index in [0.717, 1.165) is 17.3 Å². The van der Waals surface area contributed by atoms with Crippen molar-refractivity contribution in [3.05, 3.63) is 59.9 Å². The number of carbonyl (C=O) groups is 1. The third-order valence-electron chi connectivity index (χ3n) is 3.03. The van der Waals surface area contributed by atoms with Crippen LogP contribution in [0.2, 0.25) is 0 Å². The van der Waals surface area contributed by atoms with E-state index in [4.69, 9.17) is 9.15 Å². The highest BCUT2D eigenvalue weighted by Crippen LogP contribution is 2.23. The Morgan fingerprint density at radius 1 is 1.21 bits per heavy atom. The van der Waals surface area contributed by atoms with Crippen molar-refractivity contribution in [2.75, 3.05) is 5.75 Å². The number of ether oxygens (including phenoxy) is 1. The van der Waals surface area contributed by atoms with Gasteiger partial charge in [0.1, 0.15) is 17.3 Å². The van der Waals surface area contributed by atoms with Crippen LogP contribution >= 0.6 is 11.8 Å². The van der Waals surface area contributed by atoms with Crippen LogP contribution in [0.15, 0.2) is 58.2 Å². The first-order valence-corrected chi connectivity index (χ1v) is 8.08. The van der Waals surface area contributed by atoms with E-state index in [9.17, 15) is 9.18 Å². The van der Waals surface area contributed by atoms with Crippen molar-refractivity contribution >= 4 is 17.7 Å². The second kappa shape index (κ2) is 7.27. The smallest absolute Gasteiger partial charge is 0.321 e. The summed E-state index contributed by atoms with van der Waals surface area (Å²) in [5.74, 6) is 0.0560. The van der Waals surface area contributed by atoms with Gasteiger partial charge in [-0.25, -0.2) is 4.39 Å². The molecule has 122 valence electrons. The molecule has 0 aliphatic carbocycles. The summed E-state index contributed by atoms with van der Waals surface area (Å²) in [5.41, 5.74) is 1.62. The molecule has 5 nitrogen and oxygen atoms in total. The normalized spacial score (nSPS) is 10.6. The molecule has 0 N–H and O–H groups in total. The van der Waals surface area contributed by atoms with E-state index in [1.165, 1.54) is 12.1 Å². The number of halogens is 1. The summed E-state index contributed by atoms with van der Waals surface area (Å²) in [7, 11) is 0. The standard InChI is InChI=1S/C17H13FN2O3S/c1-11-3-2-4-14(9-11)22-15(21)10-24-17-20-19-16(23-17)12-5-7-13(18)8-6-12/h2-9H,10H2,1H3. The number of carbonyl (C=O) groups excluding carboxylic acids is 1. The first-order chi connectivity index (χ1) is 11.6. The molecule has 0 spiro atoms. The maximum Gasteiger partial charge on any atom is 0.321 e. The number of hydrogen-bond acceptors (Lipinski definition) is 6. The number of hydrogen-bond donors (Lipinski definition) is 0. The molecule has 0 unspecified atom stereocenters. The van der Waals surface area contributed by atoms with Gasteiger partial charge in [-0.2, -0.15) is 0 Å². The van der Waals surface area contributed by atoms with Crippen LogP contribution in [0.5, 0.6) is 5.75 Å². The predicted molar refractivity (Wildman–Crippen MR) is 87.2 cm³/mol. The number of benzene rings is 2. The summed E-state index contributed by atoms with van der Waals surface area (Å²) in [6, 6.07) is 12.9. The zero-order valence-corrected chi connectivity index (χ0v) is 13.5. The van der Waals surface area contributed by atoms with Crippen LogP contribution in [-0.2, 0) is 4.79 Å². The van der Waals surface area contributed by atoms with Crippen molar-refractivity contribution in [1.29, 1.82) is 0 Å². The summed E-state index contributed by atoms with van der Waals surface area (Å²) in [4.78, 5) is 11.8. The average molecular weight is 344 g/mol. The molecule has 1 heterocycles. The summed E-state index contributed by atoms with van der Waals surface area (Å²) in [6.07, 6.45) is 0. The molecular formula is C17H13FN2O3S. The third kappa shape index (κ3) is 4.20. The van der Waals surface area contributed by atoms with Crippen LogP contribution in [-0.4, -0.2) is 21.9 Å². The average Bonchev–Trinajstić information content (AvgIpc) is 3.03. The Morgan fingerprint density at radius 2 is 2.00 bits per heavy atom. The van der Waals surface area contributed by atoms with Crippen LogP contribution in [0.3, 0.4) is 0 Å². The van der Waals surface area contributed by atoms with Gasteiger partial charge in [0.05, 0.1) is 0 Å². The maximum absolute atomic E-state index is 12.9. The van der Waals surface area contributed by atoms with Gasteiger partial charge < -0.3 is 9.15 Å². The molecule has 0 amide bonds. The zero-order valence-electron chi connectivity index (χ0n) is 12.7. The van der Waals surface area contributed by atoms with Crippen LogP contribution in [0.25, 0.3) is 11.5 Å². The minimum Gasteiger partial charge on any atom is -0.426 e. The largest absolute Gasteiger partial charge is 0.426 e. The van der Waals surface area contributed by atoms with Crippen molar-refractivity contribution in [3.63, 3.8) is 0 Å². The van der Waals surface area contributed by atoms with Crippen molar-refractivity contribution in [1.82, 2.24) is 10.2 Å². The minimum atomic E-state index is -0.410. The Kier molecular flexibility index (Phi) is 4.90. The first-order valence-electron chi connectivity index (χ1n) is 7.10. The Hall–Kier alpha value is -2.67. The van der Waals surface area contributed by atoms with Crippen molar-refractivity contribution in [2.45, 2.75) is 12.1 Å². The summed E-state index contributed by atoms with van der Waals surface area (Å²) >= 11 is 1.08. The van der Waals surface area contributed by atoms with Gasteiger partial charge in [0.25, 0.3) is 5.22 Å². The topological polar surface area (TPSA) is 65.2 Å². The lowest BCUT2D eigenvalue weighted by molar-refractivity contribution is -0.131. The number of esters is 1. The molecule has 0 saturated carbocycles. The van der Waals surface area contributed by atoms with E-state index in [-0.39, 0.29) is 22.7 Å². The monoisotopic (exact) mass is 344 g/mol. The van der Waals surface area contributed by atoms with Crippen molar-refractivity contribution in [2.24, 2.45) is 0 Å². The molecule has 0 fully saturated rings. The highest BCUT2D eigenvalue weighted by atomic mass is 32.2. The number of thioether (sulfide) groups is 1. The molecule has 0 aliphatic rings. The van der Waals surface area contributed by atoms with Gasteiger partial charge in [0.2, 0.25) is 5.89 Å². The van der Waals surface area contributed by atoms with E-state index in [1.807, 2.05) is 19.1 Å². The van der Waals surface area contributed by atoms with Gasteiger partial charge in [0, 0.05) is 5.56 Å². The van der Waals surface area contributed by atoms with Gasteiger partial charge in [-0.15, -0.1) is 10.2 Å². The Morgan fingerprint density at radius 3 is 2.75 bits per heavy atom. The van der Waals surface area contributed by atoms with Crippen LogP contribution in [0.1, 0.15) is 5.56 Å². The van der Waals surface area contributed by atoms with Gasteiger partial charge in [-0.1, -0.05) is 23.9 Å². The number of rotatable bonds is 5. The second-order valence-corrected chi connectivity index (χ2v) is 5.89. The molecular weight excluding hydrogens is 331 g/mol. The van der Waals surface area contributed by atoms with Crippen molar-refractivity contribution < 1.29 is 18.3 Å². The molecule has 0 saturated heterocycles. The van der Waals surface area contributed by atoms with E-state index in [0.29, 0.717) is 11.3 Å². The third-order valence-corrected chi connectivity index (χ3v) is 3.82. The van der Waals surface area contributed by atoms with Gasteiger partial charge in [0.15, 0.2) is 0 Å². The molecule has 1 aromatic heterocycles. The van der Waals surface area contributed by atoms with Crippen LogP contribution in [0.4, 0.5) is 4.39 Å². The van der Waals surface area contributed by atoms with Gasteiger partial charge in [-0.3, -0.25) is 4.79 Å². The Balaban J connectivity index is 1.57. The number of aromatic nitrogens is 2. The number of aryl methyl sites for hydroxylation is 1. The van der Waals surface area contributed by atoms with Gasteiger partial charge in [-0.05, 0) is 48.9 Å². The fourth-order valence-electron chi connectivity index (χ4n) is 1.94. The lowest BCUT2D eigenvalue weighted by atomic mass is 10.2.